The number of hydrogen-bond acceptors (Lipinski definition) is 6. The molecule has 3 aromatic rings. The van der Waals surface area contributed by atoms with Gasteiger partial charge in [-0.1, -0.05) is 6.07 Å². The van der Waals surface area contributed by atoms with Gasteiger partial charge >= 0.3 is 0 Å². The Hall–Kier alpha value is -4.08. The van der Waals surface area contributed by atoms with E-state index in [1.165, 1.54) is 0 Å². The molecular formula is C27H33N7O3. The number of benzene rings is 1. The molecule has 2 aromatic heterocycles. The minimum atomic E-state index is -0.621. The number of guanidine groups is 1. The largest absolute Gasteiger partial charge is 0.461 e. The molecule has 37 heavy (non-hydrogen) atoms. The van der Waals surface area contributed by atoms with Crippen molar-refractivity contribution in [3.63, 3.8) is 0 Å². The van der Waals surface area contributed by atoms with Crippen LogP contribution in [0.3, 0.4) is 0 Å². The van der Waals surface area contributed by atoms with Crippen molar-refractivity contribution >= 4 is 46.1 Å². The number of nitrogens with two attached hydrogens (primary N) is 1. The summed E-state index contributed by atoms with van der Waals surface area (Å²) in [5.74, 6) is 1.97. The Labute approximate surface area is 215 Å². The van der Waals surface area contributed by atoms with Crippen LogP contribution in [0.4, 0.5) is 17.3 Å². The number of furan rings is 1. The van der Waals surface area contributed by atoms with Crippen LogP contribution in [0.1, 0.15) is 37.9 Å². The highest BCUT2D eigenvalue weighted by molar-refractivity contribution is 6.05. The molecule has 0 saturated carbocycles. The number of aryl methyl sites for hydroxylation is 1. The van der Waals surface area contributed by atoms with Crippen molar-refractivity contribution in [2.75, 3.05) is 42.5 Å². The zero-order valence-electron chi connectivity index (χ0n) is 21.1. The number of pyridine rings is 1. The van der Waals surface area contributed by atoms with Crippen LogP contribution in [0, 0.1) is 6.92 Å². The number of fused-ring (bicyclic) bond motifs is 1. The molecule has 4 N–H and O–H groups in total. The van der Waals surface area contributed by atoms with Gasteiger partial charge in [-0.25, -0.2) is 9.98 Å². The molecule has 10 heteroatoms. The van der Waals surface area contributed by atoms with Gasteiger partial charge in [0.1, 0.15) is 29.0 Å². The summed E-state index contributed by atoms with van der Waals surface area (Å²) in [4.78, 5) is 38.9. The van der Waals surface area contributed by atoms with E-state index in [4.69, 9.17) is 15.1 Å². The number of anilines is 3. The minimum Gasteiger partial charge on any atom is -0.461 e. The fourth-order valence-electron chi connectivity index (χ4n) is 4.88. The number of rotatable bonds is 5. The summed E-state index contributed by atoms with van der Waals surface area (Å²) in [5, 5.41) is 7.46. The molecule has 2 fully saturated rings. The lowest BCUT2D eigenvalue weighted by atomic mass is 10.1. The van der Waals surface area contributed by atoms with E-state index < -0.39 is 6.04 Å². The highest BCUT2D eigenvalue weighted by Gasteiger charge is 2.30. The number of carbonyl (C=O) groups is 2. The van der Waals surface area contributed by atoms with Crippen LogP contribution in [-0.2, 0) is 9.59 Å². The van der Waals surface area contributed by atoms with E-state index >= 15 is 0 Å². The van der Waals surface area contributed by atoms with Crippen molar-refractivity contribution in [1.29, 1.82) is 0 Å². The van der Waals surface area contributed by atoms with E-state index in [1.807, 2.05) is 36.1 Å². The zero-order valence-corrected chi connectivity index (χ0v) is 21.1. The molecule has 0 bridgehead atoms. The van der Waals surface area contributed by atoms with Crippen molar-refractivity contribution in [2.24, 2.45) is 4.99 Å². The van der Waals surface area contributed by atoms with Crippen LogP contribution in [-0.4, -0.2) is 64.8 Å². The standard InChI is InChI=1S/C27H33N7O3/c1-18-15-19-16-20(10-11-22(19)37-18)29-27(32-24-9-6-8-23(28)31-24)30-21-7-2-3-14-34(26(21)36)17-25(35)33-12-4-5-13-33/h6,8-11,15-16,21H,2-5,7,12-14,17H2,1H3,(H4,28,29,30,31,32). The van der Waals surface area contributed by atoms with Gasteiger partial charge in [-0.3, -0.25) is 9.59 Å². The van der Waals surface area contributed by atoms with Crippen molar-refractivity contribution in [3.05, 3.63) is 48.2 Å². The van der Waals surface area contributed by atoms with Crippen LogP contribution in [0.5, 0.6) is 0 Å². The predicted octanol–water partition coefficient (Wildman–Crippen LogP) is 3.60. The zero-order chi connectivity index (χ0) is 25.8. The Kier molecular flexibility index (Phi) is 7.25. The molecule has 2 amide bonds. The second-order valence-corrected chi connectivity index (χ2v) is 9.64. The molecule has 4 heterocycles. The van der Waals surface area contributed by atoms with Gasteiger partial charge in [0.15, 0.2) is 0 Å². The Morgan fingerprint density at radius 3 is 2.73 bits per heavy atom. The van der Waals surface area contributed by atoms with Crippen molar-refractivity contribution in [2.45, 2.75) is 45.1 Å². The first-order chi connectivity index (χ1) is 17.9. The van der Waals surface area contributed by atoms with E-state index in [2.05, 4.69) is 15.6 Å². The summed E-state index contributed by atoms with van der Waals surface area (Å²) in [6, 6.07) is 12.4. The third-order valence-corrected chi connectivity index (χ3v) is 6.74. The molecule has 194 valence electrons. The maximum atomic E-state index is 13.5. The lowest BCUT2D eigenvalue weighted by Crippen LogP contribution is -2.45. The van der Waals surface area contributed by atoms with Gasteiger partial charge in [-0.15, -0.1) is 0 Å². The van der Waals surface area contributed by atoms with Gasteiger partial charge in [0.2, 0.25) is 17.8 Å². The highest BCUT2D eigenvalue weighted by Crippen LogP contribution is 2.23. The third-order valence-electron chi connectivity index (χ3n) is 6.74. The molecule has 2 aliphatic rings. The summed E-state index contributed by atoms with van der Waals surface area (Å²) in [5.41, 5.74) is 7.45. The molecule has 0 aliphatic carbocycles. The number of likely N-dealkylation sites (tertiary alicyclic amines) is 2. The van der Waals surface area contributed by atoms with Gasteiger partial charge in [0.25, 0.3) is 0 Å². The first-order valence-electron chi connectivity index (χ1n) is 12.9. The van der Waals surface area contributed by atoms with Gasteiger partial charge < -0.3 is 30.6 Å². The van der Waals surface area contributed by atoms with Gasteiger partial charge in [-0.2, -0.15) is 0 Å². The number of amides is 2. The van der Waals surface area contributed by atoms with Crippen molar-refractivity contribution in [1.82, 2.24) is 14.8 Å². The second-order valence-electron chi connectivity index (χ2n) is 9.64. The summed E-state index contributed by atoms with van der Waals surface area (Å²) in [6.45, 7) is 4.12. The average molecular weight is 504 g/mol. The Bertz CT molecular complexity index is 1310. The molecule has 1 aromatic carbocycles. The van der Waals surface area contributed by atoms with Gasteiger partial charge in [0, 0.05) is 30.7 Å². The number of aliphatic imine (C=N–C) groups is 1. The van der Waals surface area contributed by atoms with Crippen LogP contribution in [0.25, 0.3) is 11.0 Å². The fourth-order valence-corrected chi connectivity index (χ4v) is 4.88. The fraction of sp³-hybridized carbons (Fsp3) is 0.407. The van der Waals surface area contributed by atoms with E-state index in [-0.39, 0.29) is 18.4 Å². The number of carbonyl (C=O) groups excluding carboxylic acids is 2. The number of nitrogen functional groups attached to an aromatic ring is 1. The molecule has 2 saturated heterocycles. The summed E-state index contributed by atoms with van der Waals surface area (Å²) >= 11 is 0. The lowest BCUT2D eigenvalue weighted by Gasteiger charge is -2.25. The predicted molar refractivity (Wildman–Crippen MR) is 144 cm³/mol. The molecular weight excluding hydrogens is 470 g/mol. The Morgan fingerprint density at radius 2 is 1.92 bits per heavy atom. The topological polar surface area (TPSA) is 129 Å². The monoisotopic (exact) mass is 503 g/mol. The van der Waals surface area contributed by atoms with Gasteiger partial charge in [-0.05, 0) is 75.4 Å². The van der Waals surface area contributed by atoms with Crippen LogP contribution >= 0.6 is 0 Å². The number of aromatic nitrogens is 1. The van der Waals surface area contributed by atoms with Crippen LogP contribution < -0.4 is 16.4 Å². The maximum Gasteiger partial charge on any atom is 0.247 e. The molecule has 1 unspecified atom stereocenters. The number of nitrogens with zero attached hydrogens (tertiary/aromatic N) is 4. The molecule has 0 radical (unpaired) electrons. The lowest BCUT2D eigenvalue weighted by molar-refractivity contribution is -0.140. The molecule has 2 aliphatic heterocycles. The highest BCUT2D eigenvalue weighted by atomic mass is 16.3. The van der Waals surface area contributed by atoms with Crippen LogP contribution in [0.15, 0.2) is 51.9 Å². The quantitative estimate of drug-likeness (QED) is 0.358. The molecule has 0 spiro atoms. The minimum absolute atomic E-state index is 0.0135. The SMILES string of the molecule is Cc1cc2cc(NC(=NC3CCCCN(CC(=O)N4CCCC4)C3=O)Nc3cccc(N)n3)ccc2o1. The normalized spacial score (nSPS) is 18.8. The first kappa shape index (κ1) is 24.6. The second kappa shape index (κ2) is 10.9. The van der Waals surface area contributed by atoms with E-state index in [1.54, 1.807) is 23.1 Å². The van der Waals surface area contributed by atoms with E-state index in [9.17, 15) is 9.59 Å². The Morgan fingerprint density at radius 1 is 1.11 bits per heavy atom. The van der Waals surface area contributed by atoms with Crippen molar-refractivity contribution in [3.8, 4) is 0 Å². The summed E-state index contributed by atoms with van der Waals surface area (Å²) < 4.78 is 5.69. The smallest absolute Gasteiger partial charge is 0.247 e. The van der Waals surface area contributed by atoms with E-state index in [0.717, 1.165) is 61.2 Å². The molecule has 10 nitrogen and oxygen atoms in total. The third kappa shape index (κ3) is 6.02. The summed E-state index contributed by atoms with van der Waals surface area (Å²) in [6.07, 6.45) is 4.34. The van der Waals surface area contributed by atoms with Crippen LogP contribution in [0.2, 0.25) is 0 Å². The number of nitrogens with one attached hydrogen (secondary N) is 2. The number of hydrogen-bond donors (Lipinski definition) is 3. The van der Waals surface area contributed by atoms with E-state index in [0.29, 0.717) is 30.6 Å². The summed E-state index contributed by atoms with van der Waals surface area (Å²) in [7, 11) is 0. The van der Waals surface area contributed by atoms with Crippen molar-refractivity contribution < 1.29 is 14.0 Å². The Balaban J connectivity index is 1.40. The average Bonchev–Trinajstić information content (AvgIpc) is 3.50. The van der Waals surface area contributed by atoms with Gasteiger partial charge in [0.05, 0.1) is 6.54 Å². The first-order valence-corrected chi connectivity index (χ1v) is 12.9. The molecule has 1 atom stereocenters. The molecule has 5 rings (SSSR count). The maximum absolute atomic E-state index is 13.5.